The molecule has 16 heavy (non-hydrogen) atoms. The Labute approximate surface area is 104 Å². The Hall–Kier alpha value is -0.750. The van der Waals surface area contributed by atoms with Crippen LogP contribution >= 0.6 is 24.0 Å². The molecule has 0 unspecified atom stereocenters. The summed E-state index contributed by atoms with van der Waals surface area (Å²) in [5.74, 6) is 1.07. The fourth-order valence-electron chi connectivity index (χ4n) is 1.77. The van der Waals surface area contributed by atoms with Crippen LogP contribution in [0.15, 0.2) is 6.20 Å². The van der Waals surface area contributed by atoms with E-state index < -0.39 is 0 Å². The first-order chi connectivity index (χ1) is 7.70. The van der Waals surface area contributed by atoms with Crippen LogP contribution in [0.5, 0.6) is 0 Å². The number of nitrogens with one attached hydrogen (secondary N) is 2. The Morgan fingerprint density at radius 3 is 3.19 bits per heavy atom. The van der Waals surface area contributed by atoms with E-state index in [0.29, 0.717) is 15.7 Å². The van der Waals surface area contributed by atoms with Gasteiger partial charge < -0.3 is 14.9 Å². The average molecular weight is 257 g/mol. The SMILES string of the molecule is CC[C@@H]1CN(C(=O)c2c[nH]c(=S)[nH]2)CCS1. The van der Waals surface area contributed by atoms with Crippen LogP contribution in [0.25, 0.3) is 0 Å². The van der Waals surface area contributed by atoms with Gasteiger partial charge in [0.05, 0.1) is 0 Å². The molecule has 88 valence electrons. The first kappa shape index (κ1) is 11.7. The van der Waals surface area contributed by atoms with Gasteiger partial charge >= 0.3 is 0 Å². The summed E-state index contributed by atoms with van der Waals surface area (Å²) in [5, 5.41) is 0.569. The van der Waals surface area contributed by atoms with Crippen molar-refractivity contribution >= 4 is 29.9 Å². The highest BCUT2D eigenvalue weighted by atomic mass is 32.2. The van der Waals surface area contributed by atoms with Gasteiger partial charge in [-0.1, -0.05) is 6.92 Å². The number of carbonyl (C=O) groups excluding carboxylic acids is 1. The lowest BCUT2D eigenvalue weighted by atomic mass is 10.2. The van der Waals surface area contributed by atoms with Gasteiger partial charge in [-0.15, -0.1) is 0 Å². The Bertz CT molecular complexity index is 426. The zero-order chi connectivity index (χ0) is 11.5. The second-order valence-corrected chi connectivity index (χ2v) is 5.63. The molecule has 1 aliphatic heterocycles. The number of amides is 1. The van der Waals surface area contributed by atoms with Crippen molar-refractivity contribution in [1.82, 2.24) is 14.9 Å². The van der Waals surface area contributed by atoms with Crippen LogP contribution in [0.4, 0.5) is 0 Å². The van der Waals surface area contributed by atoms with Crippen molar-refractivity contribution in [3.05, 3.63) is 16.7 Å². The summed E-state index contributed by atoms with van der Waals surface area (Å²) in [4.78, 5) is 19.7. The molecule has 2 N–H and O–H groups in total. The van der Waals surface area contributed by atoms with Crippen molar-refractivity contribution in [1.29, 1.82) is 0 Å². The highest BCUT2D eigenvalue weighted by Gasteiger charge is 2.24. The smallest absolute Gasteiger partial charge is 0.271 e. The summed E-state index contributed by atoms with van der Waals surface area (Å²) in [7, 11) is 0. The zero-order valence-corrected chi connectivity index (χ0v) is 10.8. The van der Waals surface area contributed by atoms with E-state index in [-0.39, 0.29) is 5.91 Å². The molecule has 1 amide bonds. The van der Waals surface area contributed by atoms with Gasteiger partial charge in [0.2, 0.25) is 0 Å². The Kier molecular flexibility index (Phi) is 3.70. The van der Waals surface area contributed by atoms with Gasteiger partial charge in [0, 0.05) is 30.3 Å². The molecule has 2 heterocycles. The minimum Gasteiger partial charge on any atom is -0.337 e. The minimum atomic E-state index is 0.0473. The Balaban J connectivity index is 2.07. The summed E-state index contributed by atoms with van der Waals surface area (Å²) in [6, 6.07) is 0. The van der Waals surface area contributed by atoms with Gasteiger partial charge in [0.15, 0.2) is 4.77 Å². The van der Waals surface area contributed by atoms with Crippen LogP contribution in [-0.2, 0) is 0 Å². The monoisotopic (exact) mass is 257 g/mol. The Morgan fingerprint density at radius 1 is 1.75 bits per heavy atom. The molecular weight excluding hydrogens is 242 g/mol. The molecule has 1 atom stereocenters. The Morgan fingerprint density at radius 2 is 2.56 bits per heavy atom. The van der Waals surface area contributed by atoms with Crippen molar-refractivity contribution in [2.24, 2.45) is 0 Å². The molecule has 1 fully saturated rings. The highest BCUT2D eigenvalue weighted by Crippen LogP contribution is 2.21. The van der Waals surface area contributed by atoms with Crippen LogP contribution in [0, 0.1) is 4.77 Å². The molecule has 6 heteroatoms. The second kappa shape index (κ2) is 5.05. The summed E-state index contributed by atoms with van der Waals surface area (Å²) in [6.07, 6.45) is 2.75. The highest BCUT2D eigenvalue weighted by molar-refractivity contribution is 8.00. The van der Waals surface area contributed by atoms with Crippen LogP contribution < -0.4 is 0 Å². The van der Waals surface area contributed by atoms with Crippen molar-refractivity contribution in [3.63, 3.8) is 0 Å². The van der Waals surface area contributed by atoms with Crippen molar-refractivity contribution in [2.75, 3.05) is 18.8 Å². The summed E-state index contributed by atoms with van der Waals surface area (Å²) < 4.78 is 0.502. The average Bonchev–Trinajstić information content (AvgIpc) is 2.75. The number of H-pyrrole nitrogens is 2. The number of nitrogens with zero attached hydrogens (tertiary/aromatic N) is 1. The first-order valence-electron chi connectivity index (χ1n) is 5.39. The van der Waals surface area contributed by atoms with E-state index in [9.17, 15) is 4.79 Å². The molecule has 1 aromatic heterocycles. The van der Waals surface area contributed by atoms with Crippen LogP contribution in [0.2, 0.25) is 0 Å². The summed E-state index contributed by atoms with van der Waals surface area (Å²) in [6.45, 7) is 3.83. The lowest BCUT2D eigenvalue weighted by Crippen LogP contribution is -2.41. The normalized spacial score (nSPS) is 21.1. The largest absolute Gasteiger partial charge is 0.337 e. The fourth-order valence-corrected chi connectivity index (χ4v) is 3.12. The number of hydrogen-bond acceptors (Lipinski definition) is 3. The van der Waals surface area contributed by atoms with Crippen molar-refractivity contribution < 1.29 is 4.79 Å². The topological polar surface area (TPSA) is 51.9 Å². The van der Waals surface area contributed by atoms with E-state index in [0.717, 1.165) is 25.3 Å². The number of aromatic amines is 2. The molecule has 1 aromatic rings. The van der Waals surface area contributed by atoms with E-state index >= 15 is 0 Å². The zero-order valence-electron chi connectivity index (χ0n) is 9.16. The molecule has 0 aromatic carbocycles. The number of thioether (sulfide) groups is 1. The van der Waals surface area contributed by atoms with Crippen LogP contribution in [0.1, 0.15) is 23.8 Å². The standard InChI is InChI=1S/C10H15N3OS2/c1-2-7-6-13(3-4-16-7)9(14)8-5-11-10(15)12-8/h5,7H,2-4,6H2,1H3,(H2,11,12,15)/t7-/m1/s1. The van der Waals surface area contributed by atoms with Crippen molar-refractivity contribution in [3.8, 4) is 0 Å². The predicted octanol–water partition coefficient (Wildman–Crippen LogP) is 2.04. The lowest BCUT2D eigenvalue weighted by Gasteiger charge is -2.31. The maximum Gasteiger partial charge on any atom is 0.271 e. The third-order valence-electron chi connectivity index (χ3n) is 2.71. The predicted molar refractivity (Wildman–Crippen MR) is 68.4 cm³/mol. The number of imidazole rings is 1. The van der Waals surface area contributed by atoms with E-state index in [1.54, 1.807) is 6.20 Å². The summed E-state index contributed by atoms with van der Waals surface area (Å²) >= 11 is 6.87. The van der Waals surface area contributed by atoms with Gasteiger partial charge in [0.1, 0.15) is 5.69 Å². The van der Waals surface area contributed by atoms with Gasteiger partial charge in [-0.3, -0.25) is 4.79 Å². The van der Waals surface area contributed by atoms with Gasteiger partial charge in [-0.2, -0.15) is 11.8 Å². The number of aromatic nitrogens is 2. The number of rotatable bonds is 2. The second-order valence-electron chi connectivity index (χ2n) is 3.81. The summed E-state index contributed by atoms with van der Waals surface area (Å²) in [5.41, 5.74) is 0.562. The number of carbonyl (C=O) groups is 1. The molecule has 0 radical (unpaired) electrons. The third kappa shape index (κ3) is 2.49. The fraction of sp³-hybridized carbons (Fsp3) is 0.600. The first-order valence-corrected chi connectivity index (χ1v) is 6.85. The van der Waals surface area contributed by atoms with E-state index in [1.807, 2.05) is 16.7 Å². The molecule has 4 nitrogen and oxygen atoms in total. The van der Waals surface area contributed by atoms with Gasteiger partial charge in [-0.25, -0.2) is 0 Å². The molecule has 0 saturated carbocycles. The maximum atomic E-state index is 12.1. The van der Waals surface area contributed by atoms with Crippen LogP contribution in [-0.4, -0.2) is 44.9 Å². The quantitative estimate of drug-likeness (QED) is 0.797. The minimum absolute atomic E-state index is 0.0473. The molecule has 0 aliphatic carbocycles. The number of hydrogen-bond donors (Lipinski definition) is 2. The van der Waals surface area contributed by atoms with E-state index in [4.69, 9.17) is 12.2 Å². The molecule has 1 aliphatic rings. The van der Waals surface area contributed by atoms with E-state index in [2.05, 4.69) is 16.9 Å². The molecule has 0 bridgehead atoms. The maximum absolute atomic E-state index is 12.1. The van der Waals surface area contributed by atoms with Crippen molar-refractivity contribution in [2.45, 2.75) is 18.6 Å². The molecule has 0 spiro atoms. The van der Waals surface area contributed by atoms with Gasteiger partial charge in [-0.05, 0) is 18.6 Å². The third-order valence-corrected chi connectivity index (χ3v) is 4.30. The molecular formula is C10H15N3OS2. The molecule has 2 rings (SSSR count). The lowest BCUT2D eigenvalue weighted by molar-refractivity contribution is 0.0755. The van der Waals surface area contributed by atoms with E-state index in [1.165, 1.54) is 0 Å². The molecule has 1 saturated heterocycles. The van der Waals surface area contributed by atoms with Crippen LogP contribution in [0.3, 0.4) is 0 Å². The van der Waals surface area contributed by atoms with Gasteiger partial charge in [0.25, 0.3) is 5.91 Å².